The van der Waals surface area contributed by atoms with Crippen LogP contribution in [0.15, 0.2) is 30.7 Å². The zero-order valence-electron chi connectivity index (χ0n) is 7.77. The Bertz CT molecular complexity index is 448. The van der Waals surface area contributed by atoms with Crippen LogP contribution in [0.4, 0.5) is 11.5 Å². The molecule has 0 fully saturated rings. The molecule has 2 aromatic rings. The van der Waals surface area contributed by atoms with Gasteiger partial charge in [-0.25, -0.2) is 4.98 Å². The van der Waals surface area contributed by atoms with Gasteiger partial charge in [-0.1, -0.05) is 0 Å². The standard InChI is InChI=1S/C9H9N5O/c10-7-1-2-8(11-5-7)14-9(15)6-3-12-13-4-6/h1-5H,10H2,(H,12,13)(H,11,14,15). The number of pyridine rings is 1. The molecule has 76 valence electrons. The summed E-state index contributed by atoms with van der Waals surface area (Å²) in [6.07, 6.45) is 4.42. The maximum atomic E-state index is 11.5. The van der Waals surface area contributed by atoms with Gasteiger partial charge in [-0.3, -0.25) is 9.89 Å². The van der Waals surface area contributed by atoms with E-state index < -0.39 is 0 Å². The van der Waals surface area contributed by atoms with Gasteiger partial charge in [0.15, 0.2) is 0 Å². The first kappa shape index (κ1) is 9.20. The molecule has 0 aliphatic carbocycles. The van der Waals surface area contributed by atoms with E-state index in [1.54, 1.807) is 12.1 Å². The van der Waals surface area contributed by atoms with Gasteiger partial charge in [-0.15, -0.1) is 0 Å². The predicted molar refractivity (Wildman–Crippen MR) is 55.2 cm³/mol. The minimum atomic E-state index is -0.263. The highest BCUT2D eigenvalue weighted by atomic mass is 16.1. The van der Waals surface area contributed by atoms with Crippen molar-refractivity contribution in [1.29, 1.82) is 0 Å². The molecular formula is C9H9N5O. The number of nitrogen functional groups attached to an aromatic ring is 1. The van der Waals surface area contributed by atoms with Crippen molar-refractivity contribution < 1.29 is 4.79 Å². The summed E-state index contributed by atoms with van der Waals surface area (Å²) in [6.45, 7) is 0. The Morgan fingerprint density at radius 3 is 2.87 bits per heavy atom. The van der Waals surface area contributed by atoms with Gasteiger partial charge in [0.25, 0.3) is 5.91 Å². The molecule has 6 nitrogen and oxygen atoms in total. The largest absolute Gasteiger partial charge is 0.397 e. The minimum absolute atomic E-state index is 0.263. The number of anilines is 2. The van der Waals surface area contributed by atoms with Gasteiger partial charge in [0, 0.05) is 6.20 Å². The molecule has 0 aromatic carbocycles. The number of hydrogen-bond acceptors (Lipinski definition) is 4. The number of aromatic nitrogens is 3. The van der Waals surface area contributed by atoms with Crippen molar-refractivity contribution in [3.05, 3.63) is 36.3 Å². The monoisotopic (exact) mass is 203 g/mol. The van der Waals surface area contributed by atoms with Gasteiger partial charge in [-0.05, 0) is 12.1 Å². The SMILES string of the molecule is Nc1ccc(NC(=O)c2cn[nH]c2)nc1. The van der Waals surface area contributed by atoms with E-state index in [0.29, 0.717) is 17.1 Å². The second-order valence-electron chi connectivity index (χ2n) is 2.92. The topological polar surface area (TPSA) is 96.7 Å². The van der Waals surface area contributed by atoms with Gasteiger partial charge in [-0.2, -0.15) is 5.10 Å². The lowest BCUT2D eigenvalue weighted by Crippen LogP contribution is -2.12. The summed E-state index contributed by atoms with van der Waals surface area (Å²) < 4.78 is 0. The molecule has 15 heavy (non-hydrogen) atoms. The quantitative estimate of drug-likeness (QED) is 0.667. The van der Waals surface area contributed by atoms with E-state index in [-0.39, 0.29) is 5.91 Å². The van der Waals surface area contributed by atoms with Crippen molar-refractivity contribution in [2.24, 2.45) is 0 Å². The summed E-state index contributed by atoms with van der Waals surface area (Å²) in [5.74, 6) is 0.191. The average molecular weight is 203 g/mol. The fourth-order valence-electron chi connectivity index (χ4n) is 1.04. The fourth-order valence-corrected chi connectivity index (χ4v) is 1.04. The van der Waals surface area contributed by atoms with E-state index >= 15 is 0 Å². The Hall–Kier alpha value is -2.37. The number of nitrogens with two attached hydrogens (primary N) is 1. The molecule has 0 aliphatic rings. The molecular weight excluding hydrogens is 194 g/mol. The number of hydrogen-bond donors (Lipinski definition) is 3. The third-order valence-corrected chi connectivity index (χ3v) is 1.79. The molecule has 6 heteroatoms. The summed E-state index contributed by atoms with van der Waals surface area (Å²) in [7, 11) is 0. The predicted octanol–water partition coefficient (Wildman–Crippen LogP) is 0.639. The van der Waals surface area contributed by atoms with Crippen LogP contribution in [0.5, 0.6) is 0 Å². The first-order valence-corrected chi connectivity index (χ1v) is 4.27. The molecule has 0 unspecified atom stereocenters. The fraction of sp³-hybridized carbons (Fsp3) is 0. The first-order chi connectivity index (χ1) is 7.25. The lowest BCUT2D eigenvalue weighted by molar-refractivity contribution is 0.102. The van der Waals surface area contributed by atoms with Crippen molar-refractivity contribution in [3.8, 4) is 0 Å². The molecule has 2 aromatic heterocycles. The Balaban J connectivity index is 2.09. The Labute approximate surface area is 85.5 Å². The Kier molecular flexibility index (Phi) is 2.32. The number of rotatable bonds is 2. The van der Waals surface area contributed by atoms with Gasteiger partial charge < -0.3 is 11.1 Å². The molecule has 2 rings (SSSR count). The number of nitrogens with one attached hydrogen (secondary N) is 2. The minimum Gasteiger partial charge on any atom is -0.397 e. The maximum absolute atomic E-state index is 11.5. The van der Waals surface area contributed by atoms with Crippen LogP contribution in [-0.2, 0) is 0 Å². The van der Waals surface area contributed by atoms with E-state index in [0.717, 1.165) is 0 Å². The Morgan fingerprint density at radius 2 is 2.27 bits per heavy atom. The normalized spacial score (nSPS) is 9.87. The molecule has 0 spiro atoms. The molecule has 0 aliphatic heterocycles. The zero-order chi connectivity index (χ0) is 10.7. The number of carbonyl (C=O) groups is 1. The summed E-state index contributed by atoms with van der Waals surface area (Å²) in [5, 5.41) is 8.83. The highest BCUT2D eigenvalue weighted by Gasteiger charge is 2.06. The number of carbonyl (C=O) groups excluding carboxylic acids is 1. The van der Waals surface area contributed by atoms with Crippen molar-refractivity contribution in [2.75, 3.05) is 11.1 Å². The molecule has 4 N–H and O–H groups in total. The average Bonchev–Trinajstić information content (AvgIpc) is 2.74. The van der Waals surface area contributed by atoms with Crippen molar-refractivity contribution in [3.63, 3.8) is 0 Å². The number of aromatic amines is 1. The number of amides is 1. The van der Waals surface area contributed by atoms with Crippen molar-refractivity contribution >= 4 is 17.4 Å². The van der Waals surface area contributed by atoms with E-state index in [9.17, 15) is 4.79 Å². The highest BCUT2D eigenvalue weighted by Crippen LogP contribution is 2.07. The maximum Gasteiger partial charge on any atom is 0.259 e. The smallest absolute Gasteiger partial charge is 0.259 e. The van der Waals surface area contributed by atoms with Crippen LogP contribution >= 0.6 is 0 Å². The van der Waals surface area contributed by atoms with Crippen LogP contribution < -0.4 is 11.1 Å². The second-order valence-corrected chi connectivity index (χ2v) is 2.92. The summed E-state index contributed by atoms with van der Waals surface area (Å²) in [6, 6.07) is 3.30. The van der Waals surface area contributed by atoms with Crippen molar-refractivity contribution in [2.45, 2.75) is 0 Å². The van der Waals surface area contributed by atoms with Crippen LogP contribution in [-0.4, -0.2) is 21.1 Å². The number of nitrogens with zero attached hydrogens (tertiary/aromatic N) is 2. The van der Waals surface area contributed by atoms with Gasteiger partial charge in [0.1, 0.15) is 5.82 Å². The van der Waals surface area contributed by atoms with Crippen LogP contribution in [0.1, 0.15) is 10.4 Å². The third kappa shape index (κ3) is 2.11. The summed E-state index contributed by atoms with van der Waals surface area (Å²) in [4.78, 5) is 15.5. The second kappa shape index (κ2) is 3.79. The van der Waals surface area contributed by atoms with Crippen LogP contribution in [0, 0.1) is 0 Å². The van der Waals surface area contributed by atoms with Gasteiger partial charge in [0.2, 0.25) is 0 Å². The van der Waals surface area contributed by atoms with Crippen molar-refractivity contribution in [1.82, 2.24) is 15.2 Å². The molecule has 0 saturated heterocycles. The molecule has 0 saturated carbocycles. The Morgan fingerprint density at radius 1 is 1.40 bits per heavy atom. The van der Waals surface area contributed by atoms with E-state index in [1.165, 1.54) is 18.6 Å². The van der Waals surface area contributed by atoms with Crippen LogP contribution in [0.2, 0.25) is 0 Å². The van der Waals surface area contributed by atoms with Crippen LogP contribution in [0.3, 0.4) is 0 Å². The third-order valence-electron chi connectivity index (χ3n) is 1.79. The molecule has 2 heterocycles. The van der Waals surface area contributed by atoms with Crippen LogP contribution in [0.25, 0.3) is 0 Å². The van der Waals surface area contributed by atoms with E-state index in [2.05, 4.69) is 20.5 Å². The lowest BCUT2D eigenvalue weighted by Gasteiger charge is -2.01. The molecule has 0 bridgehead atoms. The first-order valence-electron chi connectivity index (χ1n) is 4.27. The molecule has 1 amide bonds. The number of H-pyrrole nitrogens is 1. The van der Waals surface area contributed by atoms with E-state index in [1.807, 2.05) is 0 Å². The zero-order valence-corrected chi connectivity index (χ0v) is 7.77. The lowest BCUT2D eigenvalue weighted by atomic mass is 10.3. The van der Waals surface area contributed by atoms with Gasteiger partial charge in [0.05, 0.1) is 23.6 Å². The summed E-state index contributed by atoms with van der Waals surface area (Å²) in [5.41, 5.74) is 6.47. The summed E-state index contributed by atoms with van der Waals surface area (Å²) >= 11 is 0. The molecule has 0 atom stereocenters. The van der Waals surface area contributed by atoms with Gasteiger partial charge >= 0.3 is 0 Å². The van der Waals surface area contributed by atoms with E-state index in [4.69, 9.17) is 5.73 Å². The highest BCUT2D eigenvalue weighted by molar-refractivity contribution is 6.03. The molecule has 0 radical (unpaired) electrons.